The van der Waals surface area contributed by atoms with Crippen molar-refractivity contribution in [3.8, 4) is 11.5 Å². The third-order valence-corrected chi connectivity index (χ3v) is 5.48. The minimum Gasteiger partial charge on any atom is -0.454 e. The molecule has 1 amide bonds. The Morgan fingerprint density at radius 2 is 1.92 bits per heavy atom. The van der Waals surface area contributed by atoms with Gasteiger partial charge in [-0.3, -0.25) is 9.20 Å². The summed E-state index contributed by atoms with van der Waals surface area (Å²) in [6.45, 7) is 7.62. The second-order valence-corrected chi connectivity index (χ2v) is 7.03. The summed E-state index contributed by atoms with van der Waals surface area (Å²) < 4.78 is 13.0. The molecule has 0 spiro atoms. The smallest absolute Gasteiger partial charge is 0.233 e. The van der Waals surface area contributed by atoms with Crippen molar-refractivity contribution in [2.24, 2.45) is 0 Å². The summed E-state index contributed by atoms with van der Waals surface area (Å²) in [5.41, 5.74) is 2.75. The van der Waals surface area contributed by atoms with Gasteiger partial charge in [0.2, 0.25) is 12.7 Å². The molecule has 8 heteroatoms. The average Bonchev–Trinajstić information content (AvgIpc) is 3.26. The normalized spacial score (nSPS) is 12.9. The molecule has 0 fully saturated rings. The van der Waals surface area contributed by atoms with Gasteiger partial charge in [-0.25, -0.2) is 0 Å². The van der Waals surface area contributed by atoms with Gasteiger partial charge in [0.15, 0.2) is 22.3 Å². The van der Waals surface area contributed by atoms with Crippen LogP contribution in [0.5, 0.6) is 11.5 Å². The van der Waals surface area contributed by atoms with Gasteiger partial charge in [-0.15, -0.1) is 10.2 Å². The Kier molecular flexibility index (Phi) is 4.36. The lowest BCUT2D eigenvalue weighted by Crippen LogP contribution is -2.31. The topological polar surface area (TPSA) is 69.0 Å². The Morgan fingerprint density at radius 3 is 2.65 bits per heavy atom. The lowest BCUT2D eigenvalue weighted by molar-refractivity contribution is -0.127. The maximum atomic E-state index is 12.3. The van der Waals surface area contributed by atoms with Crippen molar-refractivity contribution in [1.29, 1.82) is 0 Å². The largest absolute Gasteiger partial charge is 0.454 e. The van der Waals surface area contributed by atoms with E-state index in [2.05, 4.69) is 16.3 Å². The number of rotatable bonds is 5. The van der Waals surface area contributed by atoms with E-state index in [1.165, 1.54) is 11.8 Å². The highest BCUT2D eigenvalue weighted by atomic mass is 32.2. The molecule has 0 radical (unpaired) electrons. The van der Waals surface area contributed by atoms with Crippen LogP contribution >= 0.6 is 11.8 Å². The Balaban J connectivity index is 1.76. The summed E-state index contributed by atoms with van der Waals surface area (Å²) in [7, 11) is 0. The zero-order chi connectivity index (χ0) is 18.3. The van der Waals surface area contributed by atoms with Crippen LogP contribution in [0.3, 0.4) is 0 Å². The molecule has 26 heavy (non-hydrogen) atoms. The number of nitrogens with zero attached hydrogens (tertiary/aromatic N) is 4. The molecular formula is C18H20N4O3S. The standard InChI is InChI=1S/C18H20N4O3S/c1-4-21(5-2)16(23)9-26-18-20-19-17-11(3)6-12-7-14-15(25-10-24-14)8-13(12)22(17)18/h6-8H,4-5,9-10H2,1-3H3. The highest BCUT2D eigenvalue weighted by Crippen LogP contribution is 2.37. The lowest BCUT2D eigenvalue weighted by atomic mass is 10.1. The first-order chi connectivity index (χ1) is 12.6. The predicted molar refractivity (Wildman–Crippen MR) is 100 cm³/mol. The van der Waals surface area contributed by atoms with Gasteiger partial charge >= 0.3 is 0 Å². The first-order valence-electron chi connectivity index (χ1n) is 8.61. The van der Waals surface area contributed by atoms with Gasteiger partial charge in [0, 0.05) is 24.5 Å². The molecule has 1 aliphatic rings. The molecule has 0 N–H and O–H groups in total. The number of benzene rings is 1. The van der Waals surface area contributed by atoms with Crippen molar-refractivity contribution in [3.63, 3.8) is 0 Å². The van der Waals surface area contributed by atoms with Crippen molar-refractivity contribution in [2.45, 2.75) is 25.9 Å². The number of pyridine rings is 1. The van der Waals surface area contributed by atoms with Gasteiger partial charge in [0.05, 0.1) is 11.3 Å². The molecule has 0 bridgehead atoms. The van der Waals surface area contributed by atoms with E-state index in [-0.39, 0.29) is 12.7 Å². The fourth-order valence-electron chi connectivity index (χ4n) is 3.18. The summed E-state index contributed by atoms with van der Waals surface area (Å²) in [6.07, 6.45) is 0. The molecule has 0 atom stereocenters. The first-order valence-corrected chi connectivity index (χ1v) is 9.59. The van der Waals surface area contributed by atoms with E-state index in [0.717, 1.165) is 27.9 Å². The number of aromatic nitrogens is 3. The average molecular weight is 372 g/mol. The molecule has 2 aromatic heterocycles. The number of carbonyl (C=O) groups is 1. The van der Waals surface area contributed by atoms with Crippen molar-refractivity contribution < 1.29 is 14.3 Å². The van der Waals surface area contributed by atoms with Crippen molar-refractivity contribution in [1.82, 2.24) is 19.5 Å². The minimum atomic E-state index is 0.103. The minimum absolute atomic E-state index is 0.103. The van der Waals surface area contributed by atoms with Gasteiger partial charge in [0.25, 0.3) is 0 Å². The zero-order valence-electron chi connectivity index (χ0n) is 15.0. The van der Waals surface area contributed by atoms with Gasteiger partial charge in [-0.2, -0.15) is 0 Å². The number of ether oxygens (including phenoxy) is 2. The van der Waals surface area contributed by atoms with Crippen molar-refractivity contribution >= 4 is 34.2 Å². The van der Waals surface area contributed by atoms with Crippen molar-refractivity contribution in [3.05, 3.63) is 23.8 Å². The van der Waals surface area contributed by atoms with E-state index in [9.17, 15) is 4.79 Å². The van der Waals surface area contributed by atoms with E-state index in [1.54, 1.807) is 0 Å². The van der Waals surface area contributed by atoms with E-state index in [0.29, 0.717) is 29.7 Å². The third kappa shape index (κ3) is 2.74. The van der Waals surface area contributed by atoms with Gasteiger partial charge < -0.3 is 14.4 Å². The Morgan fingerprint density at radius 1 is 1.19 bits per heavy atom. The molecule has 1 aliphatic heterocycles. The van der Waals surface area contributed by atoms with Crippen LogP contribution in [0, 0.1) is 6.92 Å². The molecular weight excluding hydrogens is 352 g/mol. The molecule has 0 aliphatic carbocycles. The van der Waals surface area contributed by atoms with Crippen LogP contribution in [-0.2, 0) is 4.79 Å². The number of fused-ring (bicyclic) bond motifs is 4. The highest BCUT2D eigenvalue weighted by molar-refractivity contribution is 7.99. The van der Waals surface area contributed by atoms with Crippen LogP contribution in [0.4, 0.5) is 0 Å². The molecule has 0 saturated carbocycles. The maximum Gasteiger partial charge on any atom is 0.233 e. The summed E-state index contributed by atoms with van der Waals surface area (Å²) in [5.74, 6) is 1.90. The summed E-state index contributed by atoms with van der Waals surface area (Å²) in [6, 6.07) is 5.99. The molecule has 0 unspecified atom stereocenters. The Bertz CT molecular complexity index is 997. The number of amides is 1. The van der Waals surface area contributed by atoms with Gasteiger partial charge in [0.1, 0.15) is 0 Å². The fraction of sp³-hybridized carbons (Fsp3) is 0.389. The van der Waals surface area contributed by atoms with E-state index >= 15 is 0 Å². The first kappa shape index (κ1) is 17.0. The lowest BCUT2D eigenvalue weighted by Gasteiger charge is -2.17. The van der Waals surface area contributed by atoms with Crippen LogP contribution in [0.1, 0.15) is 19.4 Å². The summed E-state index contributed by atoms with van der Waals surface area (Å²) in [4.78, 5) is 14.1. The van der Waals surface area contributed by atoms with Crippen LogP contribution < -0.4 is 9.47 Å². The fourth-order valence-corrected chi connectivity index (χ4v) is 4.03. The van der Waals surface area contributed by atoms with Crippen LogP contribution in [0.15, 0.2) is 23.4 Å². The maximum absolute atomic E-state index is 12.3. The number of carbonyl (C=O) groups excluding carboxylic acids is 1. The Hall–Kier alpha value is -2.48. The number of hydrogen-bond acceptors (Lipinski definition) is 6. The second kappa shape index (κ2) is 6.68. The van der Waals surface area contributed by atoms with Crippen LogP contribution in [0.25, 0.3) is 16.6 Å². The molecule has 0 saturated heterocycles. The predicted octanol–water partition coefficient (Wildman–Crippen LogP) is 2.88. The zero-order valence-corrected chi connectivity index (χ0v) is 15.8. The number of hydrogen-bond donors (Lipinski definition) is 0. The van der Waals surface area contributed by atoms with Crippen LogP contribution in [0.2, 0.25) is 0 Å². The third-order valence-electron chi connectivity index (χ3n) is 4.56. The summed E-state index contributed by atoms with van der Waals surface area (Å²) in [5, 5.41) is 10.4. The number of aryl methyl sites for hydroxylation is 1. The van der Waals surface area contributed by atoms with E-state index in [4.69, 9.17) is 9.47 Å². The van der Waals surface area contributed by atoms with Gasteiger partial charge in [-0.1, -0.05) is 11.8 Å². The van der Waals surface area contributed by atoms with Crippen molar-refractivity contribution in [2.75, 3.05) is 25.6 Å². The molecule has 7 nitrogen and oxygen atoms in total. The molecule has 4 rings (SSSR count). The quantitative estimate of drug-likeness (QED) is 0.642. The summed E-state index contributed by atoms with van der Waals surface area (Å²) >= 11 is 1.41. The van der Waals surface area contributed by atoms with E-state index < -0.39 is 0 Å². The molecule has 3 heterocycles. The molecule has 1 aromatic carbocycles. The molecule has 3 aromatic rings. The van der Waals surface area contributed by atoms with Gasteiger partial charge in [-0.05, 0) is 38.5 Å². The highest BCUT2D eigenvalue weighted by Gasteiger charge is 2.19. The van der Waals surface area contributed by atoms with Crippen LogP contribution in [-0.4, -0.2) is 51.0 Å². The SMILES string of the molecule is CCN(CC)C(=O)CSc1nnc2c(C)cc3cc4c(cc3n12)OCO4. The monoisotopic (exact) mass is 372 g/mol. The Labute approximate surface area is 155 Å². The second-order valence-electron chi connectivity index (χ2n) is 6.09. The van der Waals surface area contributed by atoms with E-state index in [1.807, 2.05) is 42.2 Å². The molecule has 136 valence electrons. The number of thioether (sulfide) groups is 1.